The number of carboxylic acids is 1. The van der Waals surface area contributed by atoms with Gasteiger partial charge < -0.3 is 9.84 Å². The molecule has 0 amide bonds. The second-order valence-electron chi connectivity index (χ2n) is 10.7. The second-order valence-corrected chi connectivity index (χ2v) is 12.1. The van der Waals surface area contributed by atoms with E-state index < -0.39 is 17.4 Å². The molecule has 5 rings (SSSR count). The zero-order chi connectivity index (χ0) is 29.5. The van der Waals surface area contributed by atoms with Crippen LogP contribution in [-0.4, -0.2) is 27.8 Å². The Morgan fingerprint density at radius 3 is 2.29 bits per heavy atom. The van der Waals surface area contributed by atoms with Crippen LogP contribution in [0.2, 0.25) is 5.02 Å². The number of nitrogens with zero attached hydrogens (tertiary/aromatic N) is 2. The predicted octanol–water partition coefficient (Wildman–Crippen LogP) is 8.81. The lowest BCUT2D eigenvalue weighted by atomic mass is 9.78. The number of aliphatic imine (C=N–C) groups is 1. The van der Waals surface area contributed by atoms with Crippen molar-refractivity contribution in [3.63, 3.8) is 0 Å². The molecule has 0 radical (unpaired) electrons. The lowest BCUT2D eigenvalue weighted by Gasteiger charge is -2.30. The van der Waals surface area contributed by atoms with E-state index in [1.165, 1.54) is 16.9 Å². The number of halogens is 1. The van der Waals surface area contributed by atoms with Crippen LogP contribution < -0.4 is 4.74 Å². The largest absolute Gasteiger partial charge is 0.489 e. The fourth-order valence-electron chi connectivity index (χ4n) is 5.50. The molecule has 0 aliphatic carbocycles. The summed E-state index contributed by atoms with van der Waals surface area (Å²) in [6.45, 7) is 4.98. The van der Waals surface area contributed by atoms with Crippen LogP contribution in [0.3, 0.4) is 0 Å². The highest BCUT2D eigenvalue weighted by Crippen LogP contribution is 2.36. The molecular weight excluding hydrogens is 564 g/mol. The van der Waals surface area contributed by atoms with Crippen molar-refractivity contribution in [1.82, 2.24) is 4.98 Å². The Morgan fingerprint density at radius 2 is 1.67 bits per heavy atom. The maximum atomic E-state index is 12.5. The van der Waals surface area contributed by atoms with Crippen LogP contribution in [0.4, 0.5) is 0 Å². The average Bonchev–Trinajstić information content (AvgIpc) is 3.68. The first-order valence-electron chi connectivity index (χ1n) is 14.4. The molecule has 7 heteroatoms. The summed E-state index contributed by atoms with van der Waals surface area (Å²) in [6.07, 6.45) is 8.46. The molecule has 5 nitrogen and oxygen atoms in total. The van der Waals surface area contributed by atoms with Crippen molar-refractivity contribution in [3.05, 3.63) is 117 Å². The number of carbonyl (C=O) groups is 1. The second kappa shape index (κ2) is 13.5. The number of carboxylic acid groups (broad SMARTS) is 1. The fraction of sp³-hybridized carbons (Fsp3) is 0.286. The van der Waals surface area contributed by atoms with E-state index in [1.807, 2.05) is 53.9 Å². The number of benzene rings is 3. The van der Waals surface area contributed by atoms with Gasteiger partial charge in [0, 0.05) is 28.6 Å². The van der Waals surface area contributed by atoms with Crippen molar-refractivity contribution in [3.8, 4) is 17.0 Å². The van der Waals surface area contributed by atoms with Crippen molar-refractivity contribution in [2.24, 2.45) is 10.9 Å². The summed E-state index contributed by atoms with van der Waals surface area (Å²) in [5, 5.41) is 13.7. The Hall–Kier alpha value is -3.74. The molecule has 1 aliphatic heterocycles. The minimum atomic E-state index is -0.898. The Labute approximate surface area is 256 Å². The van der Waals surface area contributed by atoms with Gasteiger partial charge in [-0.2, -0.15) is 0 Å². The van der Waals surface area contributed by atoms with Crippen LogP contribution in [-0.2, 0) is 24.2 Å². The Morgan fingerprint density at radius 1 is 0.976 bits per heavy atom. The van der Waals surface area contributed by atoms with Crippen LogP contribution in [0.1, 0.15) is 54.3 Å². The Balaban J connectivity index is 1.24. The van der Waals surface area contributed by atoms with Crippen molar-refractivity contribution in [2.45, 2.75) is 57.6 Å². The quantitative estimate of drug-likeness (QED) is 0.167. The normalized spacial score (nSPS) is 16.7. The molecule has 1 N–H and O–H groups in total. The van der Waals surface area contributed by atoms with Crippen molar-refractivity contribution in [1.29, 1.82) is 0 Å². The lowest BCUT2D eigenvalue weighted by Crippen LogP contribution is -2.41. The summed E-state index contributed by atoms with van der Waals surface area (Å²) in [6, 6.07) is 24.0. The van der Waals surface area contributed by atoms with Gasteiger partial charge in [-0.15, -0.1) is 11.3 Å². The van der Waals surface area contributed by atoms with Gasteiger partial charge in [0.25, 0.3) is 0 Å². The standard InChI is InChI=1S/C35H35ClN2O3S/c1-3-26(4-2)27-10-6-25(7-11-27)22-41-30-16-12-28(13-17-30)32-23-42-33(38-32)21-35(18-5-19-37-35)31(34(39)40)20-24-8-14-29(36)15-9-24/h5-19,23,26,31H,3-4,20-22H2,1-2H3,(H,39,40). The molecule has 2 heterocycles. The van der Waals surface area contributed by atoms with Gasteiger partial charge in [-0.25, -0.2) is 4.98 Å². The minimum Gasteiger partial charge on any atom is -0.489 e. The first-order valence-corrected chi connectivity index (χ1v) is 15.6. The number of hydrogen-bond acceptors (Lipinski definition) is 5. The van der Waals surface area contributed by atoms with Gasteiger partial charge in [0.15, 0.2) is 0 Å². The monoisotopic (exact) mass is 598 g/mol. The van der Waals surface area contributed by atoms with E-state index in [-0.39, 0.29) is 0 Å². The summed E-state index contributed by atoms with van der Waals surface area (Å²) in [7, 11) is 0. The summed E-state index contributed by atoms with van der Waals surface area (Å²) in [5.74, 6) is -0.217. The molecule has 0 fully saturated rings. The van der Waals surface area contributed by atoms with Crippen molar-refractivity contribution >= 4 is 35.1 Å². The molecule has 216 valence electrons. The van der Waals surface area contributed by atoms with Crippen molar-refractivity contribution < 1.29 is 14.6 Å². The van der Waals surface area contributed by atoms with E-state index in [1.54, 1.807) is 18.3 Å². The van der Waals surface area contributed by atoms with Crippen LogP contribution in [0.5, 0.6) is 5.75 Å². The van der Waals surface area contributed by atoms with Crippen LogP contribution in [0, 0.1) is 5.92 Å². The van der Waals surface area contributed by atoms with E-state index in [2.05, 4.69) is 43.1 Å². The van der Waals surface area contributed by atoms with Gasteiger partial charge in [-0.1, -0.05) is 67.9 Å². The number of hydrogen-bond donors (Lipinski definition) is 1. The minimum absolute atomic E-state index is 0.343. The molecule has 3 aromatic carbocycles. The van der Waals surface area contributed by atoms with E-state index in [4.69, 9.17) is 21.3 Å². The number of ether oxygens (including phenoxy) is 1. The van der Waals surface area contributed by atoms with Gasteiger partial charge in [-0.3, -0.25) is 9.79 Å². The molecule has 2 atom stereocenters. The number of aliphatic carboxylic acids is 1. The molecular formula is C35H35ClN2O3S. The Bertz CT molecular complexity index is 1530. The van der Waals surface area contributed by atoms with Gasteiger partial charge >= 0.3 is 5.97 Å². The van der Waals surface area contributed by atoms with Crippen LogP contribution in [0.25, 0.3) is 11.3 Å². The van der Waals surface area contributed by atoms with Gasteiger partial charge in [0.2, 0.25) is 0 Å². The zero-order valence-electron chi connectivity index (χ0n) is 23.9. The lowest BCUT2D eigenvalue weighted by molar-refractivity contribution is -0.143. The van der Waals surface area contributed by atoms with Gasteiger partial charge in [0.1, 0.15) is 12.4 Å². The molecule has 0 saturated carbocycles. The predicted molar refractivity (Wildman–Crippen MR) is 172 cm³/mol. The van der Waals surface area contributed by atoms with E-state index in [0.717, 1.165) is 46.0 Å². The van der Waals surface area contributed by atoms with Gasteiger partial charge in [0.05, 0.1) is 22.2 Å². The summed E-state index contributed by atoms with van der Waals surface area (Å²) in [5.41, 5.74) is 4.37. The molecule has 0 bridgehead atoms. The molecule has 0 saturated heterocycles. The van der Waals surface area contributed by atoms with Crippen LogP contribution >= 0.6 is 22.9 Å². The maximum Gasteiger partial charge on any atom is 0.309 e. The first kappa shape index (κ1) is 29.7. The van der Waals surface area contributed by atoms with E-state index in [0.29, 0.717) is 30.4 Å². The molecule has 4 aromatic rings. The van der Waals surface area contributed by atoms with Gasteiger partial charge in [-0.05, 0) is 84.3 Å². The highest BCUT2D eigenvalue weighted by molar-refractivity contribution is 7.10. The molecule has 1 aromatic heterocycles. The number of aromatic nitrogens is 1. The molecule has 42 heavy (non-hydrogen) atoms. The average molecular weight is 599 g/mol. The van der Waals surface area contributed by atoms with Crippen LogP contribution in [0.15, 0.2) is 95.3 Å². The highest BCUT2D eigenvalue weighted by atomic mass is 35.5. The molecule has 2 unspecified atom stereocenters. The summed E-state index contributed by atoms with van der Waals surface area (Å²) >= 11 is 7.56. The Kier molecular flexibility index (Phi) is 9.55. The zero-order valence-corrected chi connectivity index (χ0v) is 25.4. The van der Waals surface area contributed by atoms with E-state index >= 15 is 0 Å². The number of allylic oxidation sites excluding steroid dienone is 1. The fourth-order valence-corrected chi connectivity index (χ4v) is 6.53. The van der Waals surface area contributed by atoms with Crippen molar-refractivity contribution in [2.75, 3.05) is 0 Å². The van der Waals surface area contributed by atoms with E-state index in [9.17, 15) is 9.90 Å². The molecule has 1 aliphatic rings. The topological polar surface area (TPSA) is 71.8 Å². The third-order valence-corrected chi connectivity index (χ3v) is 9.12. The first-order chi connectivity index (χ1) is 20.4. The highest BCUT2D eigenvalue weighted by Gasteiger charge is 2.43. The number of rotatable bonds is 13. The third kappa shape index (κ3) is 7.00. The SMILES string of the molecule is CCC(CC)c1ccc(COc2ccc(-c3csc(CC4(C(Cc5ccc(Cl)cc5)C(=O)O)C=CC=N4)n3)cc2)cc1. The summed E-state index contributed by atoms with van der Waals surface area (Å²) < 4.78 is 6.04. The molecule has 0 spiro atoms. The number of thiazole rings is 1. The summed E-state index contributed by atoms with van der Waals surface area (Å²) in [4.78, 5) is 22.0. The third-order valence-electron chi connectivity index (χ3n) is 8.02. The maximum absolute atomic E-state index is 12.5. The smallest absolute Gasteiger partial charge is 0.309 e.